The first-order valence-corrected chi connectivity index (χ1v) is 4.29. The Labute approximate surface area is 78.3 Å². The average Bonchev–Trinajstić information content (AvgIpc) is 2.02. The molecule has 72 valence electrons. The van der Waals surface area contributed by atoms with Crippen molar-refractivity contribution in [2.45, 2.75) is 18.5 Å². The fourth-order valence-electron chi connectivity index (χ4n) is 1.87. The van der Waals surface area contributed by atoms with Gasteiger partial charge in [0, 0.05) is 26.3 Å². The molecule has 0 atom stereocenters. The Bertz CT molecular complexity index is 146. The summed E-state index contributed by atoms with van der Waals surface area (Å²) < 4.78 is 18.9. The third-order valence-electron chi connectivity index (χ3n) is 2.79. The molecule has 2 nitrogen and oxygen atoms in total. The molecule has 12 heavy (non-hydrogen) atoms. The van der Waals surface area contributed by atoms with Gasteiger partial charge >= 0.3 is 0 Å². The van der Waals surface area contributed by atoms with Crippen molar-refractivity contribution < 1.29 is 9.13 Å². The van der Waals surface area contributed by atoms with Gasteiger partial charge in [-0.15, -0.1) is 12.4 Å². The quantitative estimate of drug-likeness (QED) is 0.678. The molecule has 0 unspecified atom stereocenters. The second-order valence-electron chi connectivity index (χ2n) is 3.52. The van der Waals surface area contributed by atoms with E-state index in [0.29, 0.717) is 13.1 Å². The molecule has 4 heteroatoms. The Balaban J connectivity index is 0.000000720. The number of ether oxygens (including phenoxy) is 1. The minimum Gasteiger partial charge on any atom is -0.381 e. The van der Waals surface area contributed by atoms with Crippen LogP contribution in [-0.4, -0.2) is 32.0 Å². The van der Waals surface area contributed by atoms with Gasteiger partial charge in [-0.1, -0.05) is 0 Å². The van der Waals surface area contributed by atoms with Crippen molar-refractivity contribution in [3.05, 3.63) is 0 Å². The van der Waals surface area contributed by atoms with Crippen molar-refractivity contribution in [2.24, 2.45) is 5.92 Å². The second-order valence-corrected chi connectivity index (χ2v) is 3.52. The molecule has 1 N–H and O–H groups in total. The molecule has 0 aromatic carbocycles. The number of alkyl halides is 1. The van der Waals surface area contributed by atoms with Crippen LogP contribution in [0.3, 0.4) is 0 Å². The standard InChI is InChI=1S/C8H14FNO.ClH/c9-8(5-10-6-8)7-1-3-11-4-2-7;/h7,10H,1-6H2;1H. The molecule has 2 aliphatic rings. The minimum atomic E-state index is -0.899. The Morgan fingerprint density at radius 2 is 1.83 bits per heavy atom. The molecule has 2 aliphatic heterocycles. The van der Waals surface area contributed by atoms with Gasteiger partial charge in [0.05, 0.1) is 0 Å². The molecule has 2 rings (SSSR count). The molecule has 2 saturated heterocycles. The zero-order valence-electron chi connectivity index (χ0n) is 7.01. The Morgan fingerprint density at radius 3 is 2.25 bits per heavy atom. The maximum absolute atomic E-state index is 13.7. The third-order valence-corrected chi connectivity index (χ3v) is 2.79. The van der Waals surface area contributed by atoms with Gasteiger partial charge in [0.25, 0.3) is 0 Å². The maximum atomic E-state index is 13.7. The largest absolute Gasteiger partial charge is 0.381 e. The van der Waals surface area contributed by atoms with Crippen LogP contribution in [0.5, 0.6) is 0 Å². The zero-order chi connectivity index (χ0) is 7.73. The summed E-state index contributed by atoms with van der Waals surface area (Å²) in [6, 6.07) is 0. The van der Waals surface area contributed by atoms with Gasteiger partial charge in [-0.25, -0.2) is 4.39 Å². The topological polar surface area (TPSA) is 21.3 Å². The first-order valence-electron chi connectivity index (χ1n) is 4.29. The molecule has 0 bridgehead atoms. The van der Waals surface area contributed by atoms with Crippen LogP contribution in [-0.2, 0) is 4.74 Å². The lowest BCUT2D eigenvalue weighted by atomic mass is 9.79. The Kier molecular flexibility index (Phi) is 3.32. The lowest BCUT2D eigenvalue weighted by molar-refractivity contribution is -0.0387. The van der Waals surface area contributed by atoms with E-state index < -0.39 is 5.67 Å². The van der Waals surface area contributed by atoms with Gasteiger partial charge in [0.2, 0.25) is 0 Å². The molecule has 0 spiro atoms. The number of rotatable bonds is 1. The van der Waals surface area contributed by atoms with Gasteiger partial charge in [-0.3, -0.25) is 0 Å². The van der Waals surface area contributed by atoms with E-state index >= 15 is 0 Å². The molecule has 0 aliphatic carbocycles. The molecular formula is C8H15ClFNO. The van der Waals surface area contributed by atoms with Gasteiger partial charge in [0.15, 0.2) is 0 Å². The highest BCUT2D eigenvalue weighted by molar-refractivity contribution is 5.85. The zero-order valence-corrected chi connectivity index (χ0v) is 7.83. The van der Waals surface area contributed by atoms with Crippen LogP contribution in [0.15, 0.2) is 0 Å². The molecule has 0 aromatic rings. The van der Waals surface area contributed by atoms with Gasteiger partial charge in [-0.2, -0.15) is 0 Å². The number of nitrogens with one attached hydrogen (secondary N) is 1. The first kappa shape index (κ1) is 10.2. The number of hydrogen-bond acceptors (Lipinski definition) is 2. The van der Waals surface area contributed by atoms with E-state index in [0.717, 1.165) is 26.1 Å². The highest BCUT2D eigenvalue weighted by Crippen LogP contribution is 2.33. The van der Waals surface area contributed by atoms with E-state index in [9.17, 15) is 4.39 Å². The highest BCUT2D eigenvalue weighted by atomic mass is 35.5. The van der Waals surface area contributed by atoms with Crippen molar-refractivity contribution in [1.29, 1.82) is 0 Å². The average molecular weight is 196 g/mol. The molecule has 0 amide bonds. The molecule has 2 heterocycles. The predicted octanol–water partition coefficient (Wildman–Crippen LogP) is 1.15. The summed E-state index contributed by atoms with van der Waals surface area (Å²) >= 11 is 0. The summed E-state index contributed by atoms with van der Waals surface area (Å²) in [5.41, 5.74) is -0.899. The summed E-state index contributed by atoms with van der Waals surface area (Å²) in [5, 5.41) is 2.98. The van der Waals surface area contributed by atoms with Crippen molar-refractivity contribution in [3.8, 4) is 0 Å². The summed E-state index contributed by atoms with van der Waals surface area (Å²) in [5.74, 6) is 0.248. The number of halogens is 2. The summed E-state index contributed by atoms with van der Waals surface area (Å²) in [4.78, 5) is 0. The van der Waals surface area contributed by atoms with Crippen LogP contribution in [0.1, 0.15) is 12.8 Å². The van der Waals surface area contributed by atoms with Gasteiger partial charge in [-0.05, 0) is 18.8 Å². The van der Waals surface area contributed by atoms with Crippen LogP contribution in [0.4, 0.5) is 4.39 Å². The van der Waals surface area contributed by atoms with E-state index in [1.165, 1.54) is 0 Å². The second kappa shape index (κ2) is 3.90. The van der Waals surface area contributed by atoms with Crippen LogP contribution < -0.4 is 5.32 Å². The molecular weight excluding hydrogens is 181 g/mol. The monoisotopic (exact) mass is 195 g/mol. The fraction of sp³-hybridized carbons (Fsp3) is 1.00. The van der Waals surface area contributed by atoms with Crippen molar-refractivity contribution in [3.63, 3.8) is 0 Å². The van der Waals surface area contributed by atoms with Gasteiger partial charge in [0.1, 0.15) is 5.67 Å². The van der Waals surface area contributed by atoms with Crippen molar-refractivity contribution in [1.82, 2.24) is 5.32 Å². The summed E-state index contributed by atoms with van der Waals surface area (Å²) in [6.45, 7) is 2.60. The lowest BCUT2D eigenvalue weighted by Crippen LogP contribution is -2.61. The fourth-order valence-corrected chi connectivity index (χ4v) is 1.87. The smallest absolute Gasteiger partial charge is 0.138 e. The van der Waals surface area contributed by atoms with Gasteiger partial charge < -0.3 is 10.1 Å². The van der Waals surface area contributed by atoms with E-state index in [4.69, 9.17) is 4.74 Å². The highest BCUT2D eigenvalue weighted by Gasteiger charge is 2.44. The predicted molar refractivity (Wildman–Crippen MR) is 47.5 cm³/mol. The van der Waals surface area contributed by atoms with E-state index in [1.807, 2.05) is 0 Å². The van der Waals surface area contributed by atoms with E-state index in [2.05, 4.69) is 5.32 Å². The van der Waals surface area contributed by atoms with Crippen molar-refractivity contribution in [2.75, 3.05) is 26.3 Å². The van der Waals surface area contributed by atoms with Crippen LogP contribution >= 0.6 is 12.4 Å². The van der Waals surface area contributed by atoms with Crippen LogP contribution in [0, 0.1) is 5.92 Å². The molecule has 0 aromatic heterocycles. The SMILES string of the molecule is Cl.FC1(C2CCOCC2)CNC1. The Morgan fingerprint density at radius 1 is 1.25 bits per heavy atom. The maximum Gasteiger partial charge on any atom is 0.138 e. The summed E-state index contributed by atoms with van der Waals surface area (Å²) in [6.07, 6.45) is 1.80. The normalized spacial score (nSPS) is 28.8. The van der Waals surface area contributed by atoms with Crippen LogP contribution in [0.25, 0.3) is 0 Å². The minimum absolute atomic E-state index is 0. The number of hydrogen-bond donors (Lipinski definition) is 1. The van der Waals surface area contributed by atoms with Crippen molar-refractivity contribution >= 4 is 12.4 Å². The molecule has 2 fully saturated rings. The molecule has 0 radical (unpaired) electrons. The third kappa shape index (κ3) is 1.73. The van der Waals surface area contributed by atoms with E-state index in [1.54, 1.807) is 0 Å². The first-order chi connectivity index (χ1) is 5.31. The summed E-state index contributed by atoms with van der Waals surface area (Å²) in [7, 11) is 0. The molecule has 0 saturated carbocycles. The van der Waals surface area contributed by atoms with E-state index in [-0.39, 0.29) is 18.3 Å². The Hall–Kier alpha value is 0.140. The van der Waals surface area contributed by atoms with Crippen LogP contribution in [0.2, 0.25) is 0 Å². The lowest BCUT2D eigenvalue weighted by Gasteiger charge is -2.43.